The van der Waals surface area contributed by atoms with Gasteiger partial charge in [-0.05, 0) is 50.2 Å². The molecule has 0 radical (unpaired) electrons. The molecule has 2 aromatic rings. The van der Waals surface area contributed by atoms with Crippen LogP contribution < -0.4 is 15.4 Å². The molecule has 292 valence electrons. The lowest BCUT2D eigenvalue weighted by molar-refractivity contribution is -0.143. The van der Waals surface area contributed by atoms with Crippen molar-refractivity contribution in [3.63, 3.8) is 0 Å². The van der Waals surface area contributed by atoms with Gasteiger partial charge in [-0.25, -0.2) is 18.3 Å². The van der Waals surface area contributed by atoms with Crippen molar-refractivity contribution in [3.8, 4) is 11.1 Å². The zero-order valence-corrected chi connectivity index (χ0v) is 31.8. The van der Waals surface area contributed by atoms with Crippen LogP contribution in [0, 0.1) is 11.3 Å². The van der Waals surface area contributed by atoms with Crippen molar-refractivity contribution in [1.82, 2.24) is 24.6 Å². The van der Waals surface area contributed by atoms with Crippen molar-refractivity contribution in [2.24, 2.45) is 16.5 Å². The van der Waals surface area contributed by atoms with E-state index in [4.69, 9.17) is 9.57 Å². The second kappa shape index (κ2) is 14.2. The summed E-state index contributed by atoms with van der Waals surface area (Å²) in [6.07, 6.45) is -4.92. The molecule has 2 saturated heterocycles. The van der Waals surface area contributed by atoms with Crippen LogP contribution in [-0.2, 0) is 34.2 Å². The van der Waals surface area contributed by atoms with Crippen LogP contribution in [0.4, 0.5) is 13.6 Å². The van der Waals surface area contributed by atoms with Gasteiger partial charge in [-0.15, -0.1) is 0 Å². The number of alkyl halides is 2. The molecule has 0 bridgehead atoms. The number of halogens is 2. The van der Waals surface area contributed by atoms with Gasteiger partial charge >= 0.3 is 16.3 Å². The summed E-state index contributed by atoms with van der Waals surface area (Å²) in [4.78, 5) is 62.2. The van der Waals surface area contributed by atoms with Crippen molar-refractivity contribution in [2.45, 2.75) is 96.6 Å². The summed E-state index contributed by atoms with van der Waals surface area (Å²) in [5.74, 6) is -4.62. The predicted molar refractivity (Wildman–Crippen MR) is 193 cm³/mol. The number of carbonyl (C=O) groups excluding carboxylic acids is 4. The first-order valence-corrected chi connectivity index (χ1v) is 19.3. The summed E-state index contributed by atoms with van der Waals surface area (Å²) in [5, 5.41) is 9.53. The summed E-state index contributed by atoms with van der Waals surface area (Å²) in [6.45, 7) is 10.3. The van der Waals surface area contributed by atoms with Gasteiger partial charge in [0.05, 0.1) is 12.5 Å². The first kappa shape index (κ1) is 39.1. The Morgan fingerprint density at radius 2 is 1.50 bits per heavy atom. The second-order valence-corrected chi connectivity index (χ2v) is 17.9. The lowest BCUT2D eigenvalue weighted by Gasteiger charge is -2.36. The van der Waals surface area contributed by atoms with E-state index in [0.29, 0.717) is 12.1 Å². The molecule has 3 N–H and O–H groups in total. The molecule has 0 aromatic heterocycles. The largest absolute Gasteiger partial charge is 0.444 e. The number of hydrogen-bond donors (Lipinski definition) is 3. The summed E-state index contributed by atoms with van der Waals surface area (Å²) >= 11 is 0. The molecule has 4 aliphatic rings. The van der Waals surface area contributed by atoms with Gasteiger partial charge in [0.25, 0.3) is 5.91 Å². The van der Waals surface area contributed by atoms with Crippen LogP contribution in [0.25, 0.3) is 11.1 Å². The Hall–Kier alpha value is -4.64. The smallest absolute Gasteiger partial charge is 0.408 e. The highest BCUT2D eigenvalue weighted by atomic mass is 32.2. The van der Waals surface area contributed by atoms with E-state index in [1.54, 1.807) is 41.5 Å². The Morgan fingerprint density at radius 3 is 1.98 bits per heavy atom. The summed E-state index contributed by atoms with van der Waals surface area (Å²) in [5.41, 5.74) is 0.0573. The predicted octanol–water partition coefficient (Wildman–Crippen LogP) is 3.55. The molecule has 4 amide bonds. The fraction of sp³-hybridized carbons (Fsp3) is 0.541. The van der Waals surface area contributed by atoms with Crippen molar-refractivity contribution >= 4 is 39.7 Å². The Labute approximate surface area is 313 Å². The second-order valence-electron chi connectivity index (χ2n) is 16.2. The topological polar surface area (TPSA) is 176 Å². The normalized spacial score (nSPS) is 24.1. The fourth-order valence-corrected chi connectivity index (χ4v) is 8.27. The molecule has 54 heavy (non-hydrogen) atoms. The number of amides is 4. The number of alkyl carbamates (subject to hydrolysis) is 1. The maximum absolute atomic E-state index is 14.4. The van der Waals surface area contributed by atoms with Gasteiger partial charge in [-0.2, -0.15) is 12.7 Å². The minimum Gasteiger partial charge on any atom is -0.444 e. The van der Waals surface area contributed by atoms with Crippen LogP contribution in [0.1, 0.15) is 71.9 Å². The van der Waals surface area contributed by atoms with Crippen molar-refractivity contribution < 1.29 is 46.0 Å². The van der Waals surface area contributed by atoms with Crippen molar-refractivity contribution in [2.75, 3.05) is 19.6 Å². The zero-order chi connectivity index (χ0) is 39.4. The highest BCUT2D eigenvalue weighted by Gasteiger charge is 2.66. The molecule has 6 rings (SSSR count). The first-order chi connectivity index (χ1) is 25.2. The molecule has 2 aliphatic heterocycles. The fourth-order valence-electron chi connectivity index (χ4n) is 6.98. The Kier molecular flexibility index (Phi) is 10.3. The van der Waals surface area contributed by atoms with Crippen LogP contribution in [0.15, 0.2) is 53.7 Å². The SMILES string of the molecule is CC(C)(C)OC(=O)N[C@H](C(=O)N1C[C@H](ON=C2c3ccccc3-c3ccccc32)C[C@H]1C(=O)N[C@@]1(C(=O)NS(=O)(=O)N2CCC2)C[C@H]1C(F)F)C(C)(C)C. The number of ether oxygens (including phenoxy) is 1. The van der Waals surface area contributed by atoms with Gasteiger partial charge < -0.3 is 25.1 Å². The van der Waals surface area contributed by atoms with E-state index in [2.05, 4.69) is 15.8 Å². The van der Waals surface area contributed by atoms with E-state index in [0.717, 1.165) is 26.6 Å². The van der Waals surface area contributed by atoms with Gasteiger partial charge in [0.1, 0.15) is 35.0 Å². The first-order valence-electron chi connectivity index (χ1n) is 17.9. The van der Waals surface area contributed by atoms with E-state index < -0.39 is 87.5 Å². The molecular weight excluding hydrogens is 727 g/mol. The average molecular weight is 773 g/mol. The maximum atomic E-state index is 14.4. The van der Waals surface area contributed by atoms with E-state index in [1.165, 1.54) is 4.90 Å². The van der Waals surface area contributed by atoms with Crippen LogP contribution in [0.2, 0.25) is 0 Å². The molecule has 17 heteroatoms. The lowest BCUT2D eigenvalue weighted by Crippen LogP contribution is -2.61. The molecule has 2 aliphatic carbocycles. The van der Waals surface area contributed by atoms with Crippen molar-refractivity contribution in [1.29, 1.82) is 0 Å². The van der Waals surface area contributed by atoms with Gasteiger partial charge in [-0.1, -0.05) is 74.5 Å². The summed E-state index contributed by atoms with van der Waals surface area (Å²) < 4.78 is 62.0. The van der Waals surface area contributed by atoms with Crippen LogP contribution in [-0.4, -0.2) is 103 Å². The van der Waals surface area contributed by atoms with E-state index in [1.807, 2.05) is 53.3 Å². The maximum Gasteiger partial charge on any atom is 0.408 e. The average Bonchev–Trinajstić information content (AvgIpc) is 3.48. The number of nitrogens with zero attached hydrogens (tertiary/aromatic N) is 3. The molecule has 1 saturated carbocycles. The van der Waals surface area contributed by atoms with Gasteiger partial charge in [-0.3, -0.25) is 14.4 Å². The van der Waals surface area contributed by atoms with Crippen molar-refractivity contribution in [3.05, 3.63) is 59.7 Å². The standard InChI is InChI=1S/C37H46F2N6O8S/c1-35(2,3)29(40-34(49)52-36(4,5)6)32(47)45-20-21(53-42-28-24-14-9-7-12-22(24)23-13-8-10-15-25(23)28)18-27(45)31(46)41-37(19-26(37)30(38)39)33(48)43-54(50,51)44-16-11-17-44/h7-10,12-15,21,26-27,29-30H,11,16-20H2,1-6H3,(H,40,49)(H,41,46)(H,43,48)/t21-,26+,27+,29-,37+/m1/s1. The Morgan fingerprint density at radius 1 is 0.926 bits per heavy atom. The third-order valence-electron chi connectivity index (χ3n) is 10.0. The minimum atomic E-state index is -4.33. The van der Waals surface area contributed by atoms with E-state index in [9.17, 15) is 36.4 Å². The molecule has 14 nitrogen and oxygen atoms in total. The molecule has 0 unspecified atom stereocenters. The Bertz CT molecular complexity index is 1930. The number of oxime groups is 1. The molecule has 0 spiro atoms. The molecule has 2 heterocycles. The van der Waals surface area contributed by atoms with E-state index in [-0.39, 0.29) is 26.1 Å². The third-order valence-corrected chi connectivity index (χ3v) is 11.5. The van der Waals surface area contributed by atoms with E-state index >= 15 is 0 Å². The number of rotatable bonds is 10. The lowest BCUT2D eigenvalue weighted by atomic mass is 9.85. The number of fused-ring (bicyclic) bond motifs is 3. The highest BCUT2D eigenvalue weighted by Crippen LogP contribution is 2.48. The van der Waals surface area contributed by atoms with Gasteiger partial charge in [0, 0.05) is 30.6 Å². The summed E-state index contributed by atoms with van der Waals surface area (Å²) in [7, 11) is -4.33. The molecule has 2 aromatic carbocycles. The number of benzene rings is 2. The quantitative estimate of drug-likeness (QED) is 0.262. The highest BCUT2D eigenvalue weighted by molar-refractivity contribution is 7.87. The number of likely N-dealkylation sites (tertiary alicyclic amines) is 1. The number of nitrogens with one attached hydrogen (secondary N) is 3. The zero-order valence-electron chi connectivity index (χ0n) is 31.0. The van der Waals surface area contributed by atoms with Crippen LogP contribution in [0.5, 0.6) is 0 Å². The number of carbonyl (C=O) groups is 4. The number of hydrogen-bond acceptors (Lipinski definition) is 9. The summed E-state index contributed by atoms with van der Waals surface area (Å²) in [6, 6.07) is 12.7. The van der Waals surface area contributed by atoms with Gasteiger partial charge in [0.2, 0.25) is 18.2 Å². The van der Waals surface area contributed by atoms with Gasteiger partial charge in [0.15, 0.2) is 0 Å². The third kappa shape index (κ3) is 7.78. The Balaban J connectivity index is 1.30. The van der Waals surface area contributed by atoms with Crippen LogP contribution >= 0.6 is 0 Å². The van der Waals surface area contributed by atoms with Crippen LogP contribution in [0.3, 0.4) is 0 Å². The molecule has 5 atom stereocenters. The molecular formula is C37H46F2N6O8S. The molecule has 3 fully saturated rings. The monoisotopic (exact) mass is 772 g/mol. The minimum absolute atomic E-state index is 0.161.